The Balaban J connectivity index is 1.12. The van der Waals surface area contributed by atoms with E-state index in [1.165, 1.54) is 37.9 Å². The van der Waals surface area contributed by atoms with Crippen molar-refractivity contribution in [3.05, 3.63) is 175 Å². The van der Waals surface area contributed by atoms with Gasteiger partial charge in [0, 0.05) is 17.1 Å². The monoisotopic (exact) mass is 628 g/mol. The van der Waals surface area contributed by atoms with E-state index in [1.54, 1.807) is 6.20 Å². The predicted octanol–water partition coefficient (Wildman–Crippen LogP) is 10.6. The third kappa shape index (κ3) is 4.59. The maximum atomic E-state index is 6.56. The van der Waals surface area contributed by atoms with E-state index in [9.17, 15) is 0 Å². The molecule has 0 spiro atoms. The number of amidine groups is 2. The maximum Gasteiger partial charge on any atom is 0.159 e. The molecule has 5 nitrogen and oxygen atoms in total. The van der Waals surface area contributed by atoms with E-state index >= 15 is 0 Å². The van der Waals surface area contributed by atoms with Crippen LogP contribution < -0.4 is 5.32 Å². The second kappa shape index (κ2) is 11.0. The van der Waals surface area contributed by atoms with Crippen molar-refractivity contribution in [1.29, 1.82) is 0 Å². The molecule has 1 aliphatic heterocycles. The maximum absolute atomic E-state index is 6.56. The smallest absolute Gasteiger partial charge is 0.159 e. The molecule has 0 saturated carbocycles. The Morgan fingerprint density at radius 2 is 1.29 bits per heavy atom. The highest BCUT2D eigenvalue weighted by Gasteiger charge is 2.25. The van der Waals surface area contributed by atoms with Crippen molar-refractivity contribution in [2.45, 2.75) is 6.17 Å². The topological polar surface area (TPSA) is 62.8 Å². The molecule has 0 fully saturated rings. The molecule has 0 bridgehead atoms. The van der Waals surface area contributed by atoms with Gasteiger partial charge in [0.15, 0.2) is 11.7 Å². The van der Waals surface area contributed by atoms with Crippen molar-refractivity contribution < 1.29 is 4.42 Å². The summed E-state index contributed by atoms with van der Waals surface area (Å²) in [5.41, 5.74) is 6.57. The minimum absolute atomic E-state index is 0.352. The van der Waals surface area contributed by atoms with Crippen LogP contribution in [0.2, 0.25) is 0 Å². The largest absolute Gasteiger partial charge is 0.456 e. The highest BCUT2D eigenvalue weighted by molar-refractivity contribution is 6.21. The summed E-state index contributed by atoms with van der Waals surface area (Å²) in [5.74, 6) is 1.31. The molecule has 5 heteroatoms. The molecule has 230 valence electrons. The Morgan fingerprint density at radius 1 is 0.531 bits per heavy atom. The molecule has 3 heterocycles. The van der Waals surface area contributed by atoms with Crippen molar-refractivity contribution in [2.24, 2.45) is 9.98 Å². The fourth-order valence-corrected chi connectivity index (χ4v) is 7.20. The molecular weight excluding hydrogens is 601 g/mol. The van der Waals surface area contributed by atoms with Crippen LogP contribution in [0.5, 0.6) is 0 Å². The number of pyridine rings is 1. The average Bonchev–Trinajstić information content (AvgIpc) is 3.56. The van der Waals surface area contributed by atoms with Crippen LogP contribution in [0.15, 0.2) is 172 Å². The normalized spacial score (nSPS) is 14.7. The average molecular weight is 629 g/mol. The van der Waals surface area contributed by atoms with Crippen LogP contribution >= 0.6 is 0 Å². The third-order valence-electron chi connectivity index (χ3n) is 9.55. The number of benzene rings is 7. The molecule has 9 aromatic rings. The van der Waals surface area contributed by atoms with Gasteiger partial charge >= 0.3 is 0 Å². The van der Waals surface area contributed by atoms with Gasteiger partial charge in [0.1, 0.15) is 23.0 Å². The summed E-state index contributed by atoms with van der Waals surface area (Å²) in [6.45, 7) is 0. The zero-order chi connectivity index (χ0) is 32.3. The first-order valence-corrected chi connectivity index (χ1v) is 16.5. The van der Waals surface area contributed by atoms with Gasteiger partial charge < -0.3 is 9.73 Å². The van der Waals surface area contributed by atoms with Gasteiger partial charge in [-0.3, -0.25) is 4.98 Å². The number of hydrogen-bond donors (Lipinski definition) is 1. The second-order valence-electron chi connectivity index (χ2n) is 12.5. The minimum atomic E-state index is -0.352. The lowest BCUT2D eigenvalue weighted by Crippen LogP contribution is -2.34. The number of furan rings is 1. The lowest BCUT2D eigenvalue weighted by molar-refractivity contribution is 0.666. The Labute approximate surface area is 281 Å². The highest BCUT2D eigenvalue weighted by Crippen LogP contribution is 2.39. The number of aromatic nitrogens is 1. The molecule has 0 radical (unpaired) electrons. The van der Waals surface area contributed by atoms with Gasteiger partial charge in [0.05, 0.1) is 5.39 Å². The van der Waals surface area contributed by atoms with E-state index in [0.29, 0.717) is 11.7 Å². The Kier molecular flexibility index (Phi) is 6.18. The first kappa shape index (κ1) is 27.5. The van der Waals surface area contributed by atoms with Crippen LogP contribution in [0.25, 0.3) is 65.4 Å². The Morgan fingerprint density at radius 3 is 2.16 bits per heavy atom. The summed E-state index contributed by atoms with van der Waals surface area (Å²) in [6, 6.07) is 52.9. The van der Waals surface area contributed by atoms with E-state index in [1.807, 2.05) is 36.4 Å². The quantitative estimate of drug-likeness (QED) is 0.197. The molecule has 0 saturated heterocycles. The molecule has 2 aromatic heterocycles. The van der Waals surface area contributed by atoms with Crippen LogP contribution in [-0.2, 0) is 0 Å². The summed E-state index contributed by atoms with van der Waals surface area (Å²) in [7, 11) is 0. The summed E-state index contributed by atoms with van der Waals surface area (Å²) in [5, 5.41) is 12.8. The van der Waals surface area contributed by atoms with E-state index in [2.05, 4.69) is 121 Å². The van der Waals surface area contributed by atoms with Crippen LogP contribution in [0.3, 0.4) is 0 Å². The Hall–Kier alpha value is -6.59. The van der Waals surface area contributed by atoms with Crippen LogP contribution in [0, 0.1) is 0 Å². The molecule has 7 aromatic carbocycles. The second-order valence-corrected chi connectivity index (χ2v) is 12.5. The van der Waals surface area contributed by atoms with Crippen LogP contribution in [0.1, 0.15) is 23.0 Å². The van der Waals surface area contributed by atoms with Gasteiger partial charge in [-0.05, 0) is 79.3 Å². The lowest BCUT2D eigenvalue weighted by Gasteiger charge is -2.23. The van der Waals surface area contributed by atoms with Gasteiger partial charge in [-0.1, -0.05) is 121 Å². The van der Waals surface area contributed by atoms with Crippen molar-refractivity contribution in [1.82, 2.24) is 10.3 Å². The van der Waals surface area contributed by atoms with E-state index in [4.69, 9.17) is 19.4 Å². The van der Waals surface area contributed by atoms with Gasteiger partial charge in [0.25, 0.3) is 0 Å². The third-order valence-corrected chi connectivity index (χ3v) is 9.55. The summed E-state index contributed by atoms with van der Waals surface area (Å²) in [4.78, 5) is 15.1. The summed E-state index contributed by atoms with van der Waals surface area (Å²) >= 11 is 0. The first-order chi connectivity index (χ1) is 24.3. The van der Waals surface area contributed by atoms with E-state index in [0.717, 1.165) is 44.3 Å². The molecular formula is C44H28N4O. The molecule has 10 rings (SSSR count). The van der Waals surface area contributed by atoms with Gasteiger partial charge in [-0.15, -0.1) is 0 Å². The zero-order valence-electron chi connectivity index (χ0n) is 26.3. The van der Waals surface area contributed by atoms with Gasteiger partial charge in [-0.2, -0.15) is 0 Å². The molecule has 0 amide bonds. The molecule has 0 aliphatic carbocycles. The van der Waals surface area contributed by atoms with Crippen molar-refractivity contribution >= 4 is 65.9 Å². The van der Waals surface area contributed by atoms with Crippen LogP contribution in [-0.4, -0.2) is 16.7 Å². The molecule has 1 unspecified atom stereocenters. The number of hydrogen-bond acceptors (Lipinski definition) is 5. The fraction of sp³-hybridized carbons (Fsp3) is 0.0227. The minimum Gasteiger partial charge on any atom is -0.456 e. The first-order valence-electron chi connectivity index (χ1n) is 16.5. The standard InChI is InChI=1S/C44H28N4O/c1-2-11-28(12-3-1)42-46-43(32-19-18-27-10-4-5-13-29(27)24-32)48-44(47-42)41-40-36-21-20-31(26-39(36)49-38(40)22-23-45-41)37-25-30-14-6-7-15-33(30)34-16-8-9-17-35(34)37/h1-26,43H,(H,46,47,48). The number of rotatable bonds is 4. The van der Waals surface area contributed by atoms with Crippen molar-refractivity contribution in [3.63, 3.8) is 0 Å². The predicted molar refractivity (Wildman–Crippen MR) is 201 cm³/mol. The Bertz CT molecular complexity index is 2810. The van der Waals surface area contributed by atoms with E-state index in [-0.39, 0.29) is 6.17 Å². The highest BCUT2D eigenvalue weighted by atomic mass is 16.3. The number of nitrogens with zero attached hydrogens (tertiary/aromatic N) is 3. The number of fused-ring (bicyclic) bond motifs is 7. The number of nitrogens with one attached hydrogen (secondary N) is 1. The molecule has 1 aliphatic rings. The zero-order valence-corrected chi connectivity index (χ0v) is 26.3. The fourth-order valence-electron chi connectivity index (χ4n) is 7.20. The van der Waals surface area contributed by atoms with Gasteiger partial charge in [-0.25, -0.2) is 9.98 Å². The van der Waals surface area contributed by atoms with Gasteiger partial charge in [0.2, 0.25) is 0 Å². The molecule has 1 atom stereocenters. The van der Waals surface area contributed by atoms with E-state index < -0.39 is 0 Å². The molecule has 1 N–H and O–H groups in total. The number of aliphatic imine (C=N–C) groups is 2. The summed E-state index contributed by atoms with van der Waals surface area (Å²) in [6.07, 6.45) is 1.44. The van der Waals surface area contributed by atoms with Crippen LogP contribution in [0.4, 0.5) is 0 Å². The summed E-state index contributed by atoms with van der Waals surface area (Å²) < 4.78 is 6.56. The molecule has 49 heavy (non-hydrogen) atoms. The SMILES string of the molecule is c1ccc(C2=NC(c3ccc4ccccc4c3)NC(c3nccc4oc5cc(-c6cc7ccccc7c7ccccc67)ccc5c34)=N2)cc1. The lowest BCUT2D eigenvalue weighted by atomic mass is 9.93. The van der Waals surface area contributed by atoms with Crippen molar-refractivity contribution in [2.75, 3.05) is 0 Å². The van der Waals surface area contributed by atoms with Crippen molar-refractivity contribution in [3.8, 4) is 11.1 Å².